The number of nitrogens with zero attached hydrogens (tertiary/aromatic N) is 1. The molecular formula is C8H18N2O. The lowest BCUT2D eigenvalue weighted by Crippen LogP contribution is -2.34. The average Bonchev–Trinajstić information content (AvgIpc) is 2.80. The Hall–Kier alpha value is -0.120. The summed E-state index contributed by atoms with van der Waals surface area (Å²) in [6.07, 6.45) is 2.70. The van der Waals surface area contributed by atoms with Crippen LogP contribution in [-0.4, -0.2) is 44.3 Å². The van der Waals surface area contributed by atoms with E-state index in [0.717, 1.165) is 32.3 Å². The van der Waals surface area contributed by atoms with Crippen LogP contribution in [0.2, 0.25) is 0 Å². The van der Waals surface area contributed by atoms with Gasteiger partial charge in [0.05, 0.1) is 6.61 Å². The second kappa shape index (κ2) is 4.70. The first-order chi connectivity index (χ1) is 5.38. The Labute approximate surface area is 68.5 Å². The van der Waals surface area contributed by atoms with Crippen LogP contribution in [0.3, 0.4) is 0 Å². The van der Waals surface area contributed by atoms with Gasteiger partial charge in [0.25, 0.3) is 0 Å². The predicted octanol–water partition coefficient (Wildman–Crippen LogP) is 0.0559. The maximum Gasteiger partial charge on any atom is 0.0589 e. The highest BCUT2D eigenvalue weighted by Crippen LogP contribution is 2.25. The molecule has 0 aromatic rings. The van der Waals surface area contributed by atoms with Gasteiger partial charge in [-0.15, -0.1) is 0 Å². The van der Waals surface area contributed by atoms with Crippen LogP contribution >= 0.6 is 0 Å². The molecule has 0 aromatic heterocycles. The van der Waals surface area contributed by atoms with E-state index in [2.05, 4.69) is 4.90 Å². The van der Waals surface area contributed by atoms with Gasteiger partial charge in [0.1, 0.15) is 0 Å². The first-order valence-electron chi connectivity index (χ1n) is 4.31. The van der Waals surface area contributed by atoms with Crippen LogP contribution in [0.15, 0.2) is 0 Å². The zero-order valence-corrected chi connectivity index (χ0v) is 7.25. The molecule has 3 heteroatoms. The smallest absolute Gasteiger partial charge is 0.0589 e. The van der Waals surface area contributed by atoms with Gasteiger partial charge in [-0.05, 0) is 12.8 Å². The fourth-order valence-electron chi connectivity index (χ4n) is 1.29. The van der Waals surface area contributed by atoms with Crippen LogP contribution in [0.5, 0.6) is 0 Å². The van der Waals surface area contributed by atoms with Crippen molar-refractivity contribution in [1.82, 2.24) is 4.90 Å². The standard InChI is InChI=1S/C8H18N2O/c1-11-7-6-10(5-4-9)8-2-3-8/h8H,2-7,9H2,1H3. The minimum absolute atomic E-state index is 0.764. The zero-order valence-electron chi connectivity index (χ0n) is 7.25. The molecule has 1 fully saturated rings. The van der Waals surface area contributed by atoms with E-state index in [1.807, 2.05) is 0 Å². The van der Waals surface area contributed by atoms with E-state index < -0.39 is 0 Å². The SMILES string of the molecule is COCCN(CCN)C1CC1. The largest absolute Gasteiger partial charge is 0.383 e. The summed E-state index contributed by atoms with van der Waals surface area (Å²) in [6, 6.07) is 0.814. The van der Waals surface area contributed by atoms with Crippen molar-refractivity contribution >= 4 is 0 Å². The summed E-state index contributed by atoms with van der Waals surface area (Å²) >= 11 is 0. The molecule has 0 saturated heterocycles. The number of hydrogen-bond acceptors (Lipinski definition) is 3. The van der Waals surface area contributed by atoms with Crippen molar-refractivity contribution in [2.75, 3.05) is 33.4 Å². The molecule has 1 saturated carbocycles. The first-order valence-corrected chi connectivity index (χ1v) is 4.31. The molecule has 2 N–H and O–H groups in total. The summed E-state index contributed by atoms with van der Waals surface area (Å²) in [6.45, 7) is 3.66. The third-order valence-electron chi connectivity index (χ3n) is 2.06. The molecule has 0 bridgehead atoms. The first kappa shape index (κ1) is 8.97. The average molecular weight is 158 g/mol. The summed E-state index contributed by atoms with van der Waals surface area (Å²) in [7, 11) is 1.74. The third kappa shape index (κ3) is 3.18. The van der Waals surface area contributed by atoms with E-state index >= 15 is 0 Å². The zero-order chi connectivity index (χ0) is 8.10. The van der Waals surface area contributed by atoms with Gasteiger partial charge in [-0.1, -0.05) is 0 Å². The summed E-state index contributed by atoms with van der Waals surface area (Å²) in [4.78, 5) is 2.42. The van der Waals surface area contributed by atoms with E-state index in [1.54, 1.807) is 7.11 Å². The Kier molecular flexibility index (Phi) is 3.83. The van der Waals surface area contributed by atoms with Crippen LogP contribution in [0.1, 0.15) is 12.8 Å². The molecule has 1 rings (SSSR count). The van der Waals surface area contributed by atoms with E-state index in [4.69, 9.17) is 10.5 Å². The van der Waals surface area contributed by atoms with Crippen molar-refractivity contribution < 1.29 is 4.74 Å². The number of ether oxygens (including phenoxy) is 1. The Morgan fingerprint density at radius 2 is 2.18 bits per heavy atom. The van der Waals surface area contributed by atoms with E-state index in [1.165, 1.54) is 12.8 Å². The van der Waals surface area contributed by atoms with E-state index in [-0.39, 0.29) is 0 Å². The highest BCUT2D eigenvalue weighted by molar-refractivity contribution is 4.84. The van der Waals surface area contributed by atoms with Crippen LogP contribution in [-0.2, 0) is 4.74 Å². The molecule has 0 aliphatic heterocycles. The molecule has 3 nitrogen and oxygen atoms in total. The van der Waals surface area contributed by atoms with Crippen LogP contribution in [0, 0.1) is 0 Å². The van der Waals surface area contributed by atoms with Gasteiger partial charge >= 0.3 is 0 Å². The number of nitrogens with two attached hydrogens (primary N) is 1. The van der Waals surface area contributed by atoms with Gasteiger partial charge in [0.15, 0.2) is 0 Å². The van der Waals surface area contributed by atoms with Crippen molar-refractivity contribution in [2.45, 2.75) is 18.9 Å². The fourth-order valence-corrected chi connectivity index (χ4v) is 1.29. The van der Waals surface area contributed by atoms with Gasteiger partial charge in [-0.3, -0.25) is 4.90 Å². The summed E-state index contributed by atoms with van der Waals surface area (Å²) in [5.74, 6) is 0. The molecule has 0 heterocycles. The molecule has 0 aromatic carbocycles. The van der Waals surface area contributed by atoms with Gasteiger partial charge in [0, 0.05) is 32.8 Å². The summed E-state index contributed by atoms with van der Waals surface area (Å²) in [5.41, 5.74) is 5.48. The molecule has 0 unspecified atom stereocenters. The molecule has 11 heavy (non-hydrogen) atoms. The lowest BCUT2D eigenvalue weighted by molar-refractivity contribution is 0.145. The monoisotopic (exact) mass is 158 g/mol. The normalized spacial score (nSPS) is 17.7. The van der Waals surface area contributed by atoms with Gasteiger partial charge in [-0.2, -0.15) is 0 Å². The lowest BCUT2D eigenvalue weighted by atomic mass is 10.4. The van der Waals surface area contributed by atoms with Crippen molar-refractivity contribution in [3.05, 3.63) is 0 Å². The number of methoxy groups -OCH3 is 1. The van der Waals surface area contributed by atoms with Gasteiger partial charge < -0.3 is 10.5 Å². The van der Waals surface area contributed by atoms with Crippen LogP contribution in [0.4, 0.5) is 0 Å². The third-order valence-corrected chi connectivity index (χ3v) is 2.06. The fraction of sp³-hybridized carbons (Fsp3) is 1.00. The molecule has 1 aliphatic rings. The Morgan fingerprint density at radius 3 is 2.64 bits per heavy atom. The van der Waals surface area contributed by atoms with Crippen LogP contribution in [0.25, 0.3) is 0 Å². The Balaban J connectivity index is 2.10. The Bertz CT molecular complexity index is 104. The Morgan fingerprint density at radius 1 is 1.45 bits per heavy atom. The molecular weight excluding hydrogens is 140 g/mol. The molecule has 66 valence electrons. The van der Waals surface area contributed by atoms with Gasteiger partial charge in [-0.25, -0.2) is 0 Å². The van der Waals surface area contributed by atoms with Crippen LogP contribution < -0.4 is 5.73 Å². The van der Waals surface area contributed by atoms with Gasteiger partial charge in [0.2, 0.25) is 0 Å². The minimum atomic E-state index is 0.764. The second-order valence-electron chi connectivity index (χ2n) is 3.05. The quantitative estimate of drug-likeness (QED) is 0.594. The number of rotatable bonds is 6. The molecule has 0 amide bonds. The predicted molar refractivity (Wildman–Crippen MR) is 45.5 cm³/mol. The molecule has 0 atom stereocenters. The van der Waals surface area contributed by atoms with Crippen molar-refractivity contribution in [3.8, 4) is 0 Å². The van der Waals surface area contributed by atoms with E-state index in [9.17, 15) is 0 Å². The summed E-state index contributed by atoms with van der Waals surface area (Å²) < 4.78 is 5.01. The maximum atomic E-state index is 5.48. The van der Waals surface area contributed by atoms with E-state index in [0.29, 0.717) is 0 Å². The molecule has 0 spiro atoms. The summed E-state index contributed by atoms with van der Waals surface area (Å²) in [5, 5.41) is 0. The number of hydrogen-bond donors (Lipinski definition) is 1. The van der Waals surface area contributed by atoms with Crippen molar-refractivity contribution in [1.29, 1.82) is 0 Å². The minimum Gasteiger partial charge on any atom is -0.383 e. The second-order valence-corrected chi connectivity index (χ2v) is 3.05. The lowest BCUT2D eigenvalue weighted by Gasteiger charge is -2.19. The molecule has 0 radical (unpaired) electrons. The highest BCUT2D eigenvalue weighted by atomic mass is 16.5. The van der Waals surface area contributed by atoms with Crippen molar-refractivity contribution in [2.24, 2.45) is 5.73 Å². The maximum absolute atomic E-state index is 5.48. The molecule has 1 aliphatic carbocycles. The highest BCUT2D eigenvalue weighted by Gasteiger charge is 2.27. The van der Waals surface area contributed by atoms with Crippen molar-refractivity contribution in [3.63, 3.8) is 0 Å². The topological polar surface area (TPSA) is 38.5 Å².